The van der Waals surface area contributed by atoms with Gasteiger partial charge in [-0.3, -0.25) is 0 Å². The number of aromatic carboxylic acids is 1. The molecule has 1 N–H and O–H groups in total. The predicted octanol–water partition coefficient (Wildman–Crippen LogP) is 3.56. The minimum absolute atomic E-state index is 0.229. The molecule has 0 saturated carbocycles. The number of carboxylic acids is 1. The van der Waals surface area contributed by atoms with Gasteiger partial charge in [0.2, 0.25) is 0 Å². The van der Waals surface area contributed by atoms with Crippen molar-refractivity contribution in [1.82, 2.24) is 4.98 Å². The van der Waals surface area contributed by atoms with E-state index in [0.29, 0.717) is 5.82 Å². The van der Waals surface area contributed by atoms with Gasteiger partial charge in [-0.25, -0.2) is 9.78 Å². The summed E-state index contributed by atoms with van der Waals surface area (Å²) in [6.07, 6.45) is 2.01. The highest BCUT2D eigenvalue weighted by Crippen LogP contribution is 2.37. The molecule has 4 nitrogen and oxygen atoms in total. The molecule has 4 heteroatoms. The summed E-state index contributed by atoms with van der Waals surface area (Å²) in [5.74, 6) is -0.394. The Morgan fingerprint density at radius 2 is 2.05 bits per heavy atom. The van der Waals surface area contributed by atoms with Crippen LogP contribution in [0.25, 0.3) is 0 Å². The number of hydrogen-bond donors (Lipinski definition) is 1. The standard InChI is InChI=1S/C17H18N2O2/c1-11-7-10-14(17(20)21)16(18-11)19-12(2)8-9-13-5-3-4-6-15(13)19/h3-7,10,12H,8-9H2,1-2H3,(H,20,21). The van der Waals surface area contributed by atoms with Crippen molar-refractivity contribution in [3.63, 3.8) is 0 Å². The van der Waals surface area contributed by atoms with Crippen LogP contribution < -0.4 is 4.90 Å². The van der Waals surface area contributed by atoms with E-state index < -0.39 is 5.97 Å². The zero-order chi connectivity index (χ0) is 15.0. The van der Waals surface area contributed by atoms with Crippen LogP contribution in [0.15, 0.2) is 36.4 Å². The van der Waals surface area contributed by atoms with Crippen LogP contribution in [0.4, 0.5) is 11.5 Å². The van der Waals surface area contributed by atoms with Gasteiger partial charge >= 0.3 is 5.97 Å². The lowest BCUT2D eigenvalue weighted by atomic mass is 9.96. The molecule has 0 fully saturated rings. The molecule has 108 valence electrons. The fraction of sp³-hybridized carbons (Fsp3) is 0.294. The number of para-hydroxylation sites is 1. The Hall–Kier alpha value is -2.36. The molecule has 1 aromatic carbocycles. The number of rotatable bonds is 2. The largest absolute Gasteiger partial charge is 0.478 e. The van der Waals surface area contributed by atoms with Crippen molar-refractivity contribution in [2.24, 2.45) is 0 Å². The lowest BCUT2D eigenvalue weighted by Crippen LogP contribution is -2.35. The number of benzene rings is 1. The number of anilines is 2. The fourth-order valence-electron chi connectivity index (χ4n) is 2.90. The van der Waals surface area contributed by atoms with E-state index in [9.17, 15) is 9.90 Å². The molecule has 2 heterocycles. The summed E-state index contributed by atoms with van der Waals surface area (Å²) in [5.41, 5.74) is 3.39. The van der Waals surface area contributed by atoms with E-state index in [1.165, 1.54) is 5.56 Å². The van der Waals surface area contributed by atoms with E-state index in [4.69, 9.17) is 0 Å². The van der Waals surface area contributed by atoms with Crippen LogP contribution in [0, 0.1) is 6.92 Å². The molecule has 0 spiro atoms. The van der Waals surface area contributed by atoms with Gasteiger partial charge in [-0.15, -0.1) is 0 Å². The third-order valence-electron chi connectivity index (χ3n) is 4.00. The number of nitrogens with zero attached hydrogens (tertiary/aromatic N) is 2. The van der Waals surface area contributed by atoms with Crippen LogP contribution in [0.2, 0.25) is 0 Å². The summed E-state index contributed by atoms with van der Waals surface area (Å²) in [5, 5.41) is 9.45. The summed E-state index contributed by atoms with van der Waals surface area (Å²) < 4.78 is 0. The van der Waals surface area contributed by atoms with Crippen molar-refractivity contribution in [3.8, 4) is 0 Å². The Morgan fingerprint density at radius 1 is 1.29 bits per heavy atom. The summed E-state index contributed by atoms with van der Waals surface area (Å²) in [4.78, 5) is 18.1. The first-order valence-electron chi connectivity index (χ1n) is 7.16. The van der Waals surface area contributed by atoms with Crippen molar-refractivity contribution in [2.75, 3.05) is 4.90 Å². The smallest absolute Gasteiger partial charge is 0.339 e. The molecule has 1 aliphatic rings. The number of aromatic nitrogens is 1. The first-order chi connectivity index (χ1) is 10.1. The molecule has 0 bridgehead atoms. The zero-order valence-corrected chi connectivity index (χ0v) is 12.2. The second-order valence-electron chi connectivity index (χ2n) is 5.52. The predicted molar refractivity (Wildman–Crippen MR) is 82.3 cm³/mol. The molecule has 3 rings (SSSR count). The zero-order valence-electron chi connectivity index (χ0n) is 12.2. The maximum absolute atomic E-state index is 11.5. The van der Waals surface area contributed by atoms with E-state index in [2.05, 4.69) is 22.9 Å². The molecule has 2 aromatic rings. The number of pyridine rings is 1. The van der Waals surface area contributed by atoms with Gasteiger partial charge in [-0.2, -0.15) is 0 Å². The van der Waals surface area contributed by atoms with Crippen molar-refractivity contribution in [1.29, 1.82) is 0 Å². The SMILES string of the molecule is Cc1ccc(C(=O)O)c(N2c3ccccc3CCC2C)n1. The Bertz CT molecular complexity index is 697. The molecule has 0 aliphatic carbocycles. The molecular weight excluding hydrogens is 264 g/mol. The van der Waals surface area contributed by atoms with Gasteiger partial charge in [0, 0.05) is 17.4 Å². The summed E-state index contributed by atoms with van der Waals surface area (Å²) in [6, 6.07) is 11.8. The van der Waals surface area contributed by atoms with E-state index in [-0.39, 0.29) is 11.6 Å². The van der Waals surface area contributed by atoms with Crippen LogP contribution in [-0.2, 0) is 6.42 Å². The maximum Gasteiger partial charge on any atom is 0.339 e. The molecule has 0 radical (unpaired) electrons. The van der Waals surface area contributed by atoms with Crippen LogP contribution in [0.3, 0.4) is 0 Å². The van der Waals surface area contributed by atoms with Gasteiger partial charge in [-0.1, -0.05) is 18.2 Å². The van der Waals surface area contributed by atoms with Gasteiger partial charge in [0.1, 0.15) is 11.4 Å². The first kappa shape index (κ1) is 13.6. The molecule has 21 heavy (non-hydrogen) atoms. The molecule has 1 aromatic heterocycles. The summed E-state index contributed by atoms with van der Waals surface area (Å²) in [7, 11) is 0. The van der Waals surface area contributed by atoms with E-state index in [0.717, 1.165) is 24.2 Å². The number of carbonyl (C=O) groups is 1. The molecular formula is C17H18N2O2. The average molecular weight is 282 g/mol. The fourth-order valence-corrected chi connectivity index (χ4v) is 2.90. The Balaban J connectivity index is 2.20. The highest BCUT2D eigenvalue weighted by molar-refractivity contribution is 5.94. The number of carboxylic acid groups (broad SMARTS) is 1. The average Bonchev–Trinajstić information content (AvgIpc) is 2.46. The van der Waals surface area contributed by atoms with Crippen LogP contribution in [0.1, 0.15) is 35.0 Å². The van der Waals surface area contributed by atoms with Gasteiger partial charge in [-0.05, 0) is 50.5 Å². The van der Waals surface area contributed by atoms with E-state index >= 15 is 0 Å². The quantitative estimate of drug-likeness (QED) is 0.915. The van der Waals surface area contributed by atoms with Crippen LogP contribution in [0.5, 0.6) is 0 Å². The molecule has 0 amide bonds. The first-order valence-corrected chi connectivity index (χ1v) is 7.16. The normalized spacial score (nSPS) is 17.4. The van der Waals surface area contributed by atoms with Gasteiger partial charge in [0.25, 0.3) is 0 Å². The highest BCUT2D eigenvalue weighted by atomic mass is 16.4. The molecule has 0 saturated heterocycles. The Kier molecular flexibility index (Phi) is 3.37. The second kappa shape index (κ2) is 5.20. The summed E-state index contributed by atoms with van der Waals surface area (Å²) in [6.45, 7) is 4.00. The highest BCUT2D eigenvalue weighted by Gasteiger charge is 2.28. The number of aryl methyl sites for hydroxylation is 2. The van der Waals surface area contributed by atoms with E-state index in [1.807, 2.05) is 25.1 Å². The third kappa shape index (κ3) is 2.37. The van der Waals surface area contributed by atoms with Gasteiger partial charge in [0.15, 0.2) is 0 Å². The number of hydrogen-bond acceptors (Lipinski definition) is 3. The van der Waals surface area contributed by atoms with Crippen molar-refractivity contribution < 1.29 is 9.90 Å². The van der Waals surface area contributed by atoms with Crippen molar-refractivity contribution in [2.45, 2.75) is 32.7 Å². The molecule has 1 unspecified atom stereocenters. The second-order valence-corrected chi connectivity index (χ2v) is 5.52. The van der Waals surface area contributed by atoms with Crippen LogP contribution in [-0.4, -0.2) is 22.1 Å². The van der Waals surface area contributed by atoms with Gasteiger partial charge < -0.3 is 10.0 Å². The molecule has 1 aliphatic heterocycles. The maximum atomic E-state index is 11.5. The van der Waals surface area contributed by atoms with E-state index in [1.54, 1.807) is 12.1 Å². The van der Waals surface area contributed by atoms with Crippen molar-refractivity contribution >= 4 is 17.5 Å². The Morgan fingerprint density at radius 3 is 2.81 bits per heavy atom. The lowest BCUT2D eigenvalue weighted by molar-refractivity contribution is 0.0697. The van der Waals surface area contributed by atoms with Crippen LogP contribution >= 0.6 is 0 Å². The van der Waals surface area contributed by atoms with Gasteiger partial charge in [0.05, 0.1) is 0 Å². The monoisotopic (exact) mass is 282 g/mol. The lowest BCUT2D eigenvalue weighted by Gasteiger charge is -2.37. The topological polar surface area (TPSA) is 53.4 Å². The summed E-state index contributed by atoms with van der Waals surface area (Å²) >= 11 is 0. The molecule has 1 atom stereocenters. The van der Waals surface area contributed by atoms with Crippen molar-refractivity contribution in [3.05, 3.63) is 53.2 Å². The minimum Gasteiger partial charge on any atom is -0.478 e. The Labute approximate surface area is 124 Å². The minimum atomic E-state index is -0.937. The third-order valence-corrected chi connectivity index (χ3v) is 4.00. The number of fused-ring (bicyclic) bond motifs is 1.